The molecule has 3 rings (SSSR count). The van der Waals surface area contributed by atoms with Crippen molar-refractivity contribution in [2.45, 2.75) is 19.4 Å². The molecule has 0 unspecified atom stereocenters. The summed E-state index contributed by atoms with van der Waals surface area (Å²) in [6, 6.07) is 11.7. The maximum absolute atomic E-state index is 13.2. The summed E-state index contributed by atoms with van der Waals surface area (Å²) in [4.78, 5) is 30.0. The lowest BCUT2D eigenvalue weighted by Crippen LogP contribution is -2.32. The van der Waals surface area contributed by atoms with E-state index in [1.807, 2.05) is 38.1 Å². The number of aryl methyl sites for hydroxylation is 1. The second kappa shape index (κ2) is 12.2. The van der Waals surface area contributed by atoms with Crippen molar-refractivity contribution >= 4 is 17.4 Å². The van der Waals surface area contributed by atoms with E-state index in [9.17, 15) is 14.7 Å². The fourth-order valence-corrected chi connectivity index (χ4v) is 4.21. The van der Waals surface area contributed by atoms with Crippen molar-refractivity contribution in [2.24, 2.45) is 0 Å². The van der Waals surface area contributed by atoms with Crippen LogP contribution in [-0.4, -0.2) is 67.0 Å². The minimum absolute atomic E-state index is 0.0764. The number of hydrogen-bond acceptors (Lipinski definition) is 6. The van der Waals surface area contributed by atoms with Gasteiger partial charge in [-0.1, -0.05) is 37.4 Å². The fraction of sp³-hybridized carbons (Fsp3) is 0.310. The Balaban J connectivity index is 2.05. The number of rotatable bonds is 12. The molecular formula is C29H34N2O5. The van der Waals surface area contributed by atoms with E-state index in [2.05, 4.69) is 13.2 Å². The first-order valence-corrected chi connectivity index (χ1v) is 11.9. The molecular weight excluding hydrogens is 456 g/mol. The largest absolute Gasteiger partial charge is 0.507 e. The lowest BCUT2D eigenvalue weighted by molar-refractivity contribution is -0.139. The van der Waals surface area contributed by atoms with Gasteiger partial charge in [0.05, 0.1) is 11.6 Å². The molecule has 7 heteroatoms. The SMILES string of the molecule is C=CCOc1ccc([C@H]2C(=C(O)c3ccc(OCC=C)cc3C)C(=O)C(=O)N2CCCN(C)C)cc1. The molecule has 0 aliphatic carbocycles. The van der Waals surface area contributed by atoms with Crippen LogP contribution >= 0.6 is 0 Å². The lowest BCUT2D eigenvalue weighted by Gasteiger charge is -2.26. The van der Waals surface area contributed by atoms with Gasteiger partial charge in [-0.15, -0.1) is 0 Å². The molecule has 1 heterocycles. The van der Waals surface area contributed by atoms with E-state index in [1.165, 1.54) is 0 Å². The molecule has 0 spiro atoms. The second-order valence-electron chi connectivity index (χ2n) is 8.89. The van der Waals surface area contributed by atoms with Crippen LogP contribution in [0, 0.1) is 6.92 Å². The molecule has 1 N–H and O–H groups in total. The Morgan fingerprint density at radius 3 is 2.22 bits per heavy atom. The smallest absolute Gasteiger partial charge is 0.295 e. The number of aliphatic hydroxyl groups excluding tert-OH is 1. The van der Waals surface area contributed by atoms with Crippen LogP contribution in [0.25, 0.3) is 5.76 Å². The third kappa shape index (κ3) is 6.04. The molecule has 190 valence electrons. The van der Waals surface area contributed by atoms with Crippen LogP contribution in [0.3, 0.4) is 0 Å². The summed E-state index contributed by atoms with van der Waals surface area (Å²) in [5.74, 6) is -0.237. The van der Waals surface area contributed by atoms with Crippen molar-refractivity contribution in [1.82, 2.24) is 9.80 Å². The van der Waals surface area contributed by atoms with Crippen molar-refractivity contribution < 1.29 is 24.2 Å². The predicted molar refractivity (Wildman–Crippen MR) is 141 cm³/mol. The number of benzene rings is 2. The molecule has 0 radical (unpaired) electrons. The lowest BCUT2D eigenvalue weighted by atomic mass is 9.93. The molecule has 0 bridgehead atoms. The maximum atomic E-state index is 13.2. The van der Waals surface area contributed by atoms with E-state index in [0.717, 1.165) is 17.7 Å². The summed E-state index contributed by atoms with van der Waals surface area (Å²) < 4.78 is 11.2. The molecule has 7 nitrogen and oxygen atoms in total. The number of ketones is 1. The highest BCUT2D eigenvalue weighted by atomic mass is 16.5. The number of carbonyl (C=O) groups excluding carboxylic acids is 2. The van der Waals surface area contributed by atoms with Gasteiger partial charge in [0.15, 0.2) is 0 Å². The minimum Gasteiger partial charge on any atom is -0.507 e. The molecule has 0 saturated carbocycles. The standard InChI is InChI=1S/C29H34N2O5/c1-6-17-35-22-11-9-21(10-12-22)26-25(28(33)29(34)31(26)16-8-15-30(4)5)27(32)24-14-13-23(19-20(24)3)36-18-7-2/h6-7,9-14,19,26,32H,1-2,8,15-18H2,3-5H3/t26-/m0/s1. The van der Waals surface area contributed by atoms with Crippen LogP contribution in [0.5, 0.6) is 11.5 Å². The highest BCUT2D eigenvalue weighted by Gasteiger charge is 2.45. The predicted octanol–water partition coefficient (Wildman–Crippen LogP) is 4.50. The Morgan fingerprint density at radius 2 is 1.64 bits per heavy atom. The Hall–Kier alpha value is -3.84. The topological polar surface area (TPSA) is 79.3 Å². The van der Waals surface area contributed by atoms with Gasteiger partial charge >= 0.3 is 0 Å². The quantitative estimate of drug-likeness (QED) is 0.204. The summed E-state index contributed by atoms with van der Waals surface area (Å²) >= 11 is 0. The van der Waals surface area contributed by atoms with E-state index >= 15 is 0 Å². The van der Waals surface area contributed by atoms with Crippen LogP contribution in [0.15, 0.2) is 73.3 Å². The molecule has 0 aromatic heterocycles. The Morgan fingerprint density at radius 1 is 1.03 bits per heavy atom. The summed E-state index contributed by atoms with van der Waals surface area (Å²) in [5, 5.41) is 11.4. The van der Waals surface area contributed by atoms with E-state index in [1.54, 1.807) is 47.4 Å². The molecule has 36 heavy (non-hydrogen) atoms. The van der Waals surface area contributed by atoms with Gasteiger partial charge in [0, 0.05) is 12.1 Å². The third-order valence-corrected chi connectivity index (χ3v) is 5.93. The summed E-state index contributed by atoms with van der Waals surface area (Å²) in [5.41, 5.74) is 1.99. The van der Waals surface area contributed by atoms with Gasteiger partial charge < -0.3 is 24.4 Å². The van der Waals surface area contributed by atoms with E-state index in [4.69, 9.17) is 9.47 Å². The van der Waals surface area contributed by atoms with Crippen molar-refractivity contribution in [3.8, 4) is 11.5 Å². The number of nitrogens with zero attached hydrogens (tertiary/aromatic N) is 2. The van der Waals surface area contributed by atoms with E-state index < -0.39 is 17.7 Å². The van der Waals surface area contributed by atoms with Crippen LogP contribution < -0.4 is 9.47 Å². The summed E-state index contributed by atoms with van der Waals surface area (Å²) in [7, 11) is 3.91. The zero-order valence-corrected chi connectivity index (χ0v) is 21.2. The zero-order valence-electron chi connectivity index (χ0n) is 21.2. The first-order valence-electron chi connectivity index (χ1n) is 11.9. The average Bonchev–Trinajstić information content (AvgIpc) is 3.11. The van der Waals surface area contributed by atoms with E-state index in [0.29, 0.717) is 43.2 Å². The fourth-order valence-electron chi connectivity index (χ4n) is 4.21. The van der Waals surface area contributed by atoms with Gasteiger partial charge in [-0.25, -0.2) is 0 Å². The molecule has 2 aromatic rings. The van der Waals surface area contributed by atoms with Gasteiger partial charge in [0.25, 0.3) is 11.7 Å². The number of likely N-dealkylation sites (tertiary alicyclic amines) is 1. The van der Waals surface area contributed by atoms with Crippen LogP contribution in [-0.2, 0) is 9.59 Å². The zero-order chi connectivity index (χ0) is 26.2. The van der Waals surface area contributed by atoms with Gasteiger partial charge in [0.2, 0.25) is 0 Å². The highest BCUT2D eigenvalue weighted by molar-refractivity contribution is 6.46. The van der Waals surface area contributed by atoms with Crippen LogP contribution in [0.2, 0.25) is 0 Å². The number of ether oxygens (including phenoxy) is 2. The number of hydrogen-bond donors (Lipinski definition) is 1. The molecule has 2 aromatic carbocycles. The number of Topliss-reactive ketones (excluding diaryl/α,β-unsaturated/α-hetero) is 1. The van der Waals surface area contributed by atoms with Gasteiger partial charge in [-0.05, 0) is 75.4 Å². The second-order valence-corrected chi connectivity index (χ2v) is 8.89. The maximum Gasteiger partial charge on any atom is 0.295 e. The van der Waals surface area contributed by atoms with Crippen LogP contribution in [0.1, 0.15) is 29.2 Å². The molecule has 1 atom stereocenters. The normalized spacial score (nSPS) is 16.9. The average molecular weight is 491 g/mol. The minimum atomic E-state index is -0.711. The van der Waals surface area contributed by atoms with Gasteiger partial charge in [-0.2, -0.15) is 0 Å². The van der Waals surface area contributed by atoms with Gasteiger partial charge in [0.1, 0.15) is 30.5 Å². The number of aliphatic hydroxyl groups is 1. The van der Waals surface area contributed by atoms with Crippen molar-refractivity contribution in [3.63, 3.8) is 0 Å². The van der Waals surface area contributed by atoms with Crippen molar-refractivity contribution in [2.75, 3.05) is 40.4 Å². The first kappa shape index (κ1) is 26.8. The summed E-state index contributed by atoms with van der Waals surface area (Å²) in [6.07, 6.45) is 3.99. The van der Waals surface area contributed by atoms with Crippen LogP contribution in [0.4, 0.5) is 0 Å². The Kier molecular flexibility index (Phi) is 9.08. The monoisotopic (exact) mass is 490 g/mol. The molecule has 1 aliphatic rings. The number of amides is 1. The van der Waals surface area contributed by atoms with E-state index in [-0.39, 0.29) is 11.3 Å². The highest BCUT2D eigenvalue weighted by Crippen LogP contribution is 2.40. The molecule has 1 saturated heterocycles. The Bertz CT molecular complexity index is 1150. The molecule has 1 fully saturated rings. The molecule has 1 amide bonds. The first-order chi connectivity index (χ1) is 17.3. The third-order valence-electron chi connectivity index (χ3n) is 5.93. The molecule has 1 aliphatic heterocycles. The number of carbonyl (C=O) groups is 2. The van der Waals surface area contributed by atoms with Crippen molar-refractivity contribution in [1.29, 1.82) is 0 Å². The van der Waals surface area contributed by atoms with Crippen molar-refractivity contribution in [3.05, 3.63) is 90.0 Å². The van der Waals surface area contributed by atoms with Gasteiger partial charge in [-0.3, -0.25) is 9.59 Å². The Labute approximate surface area is 212 Å². The summed E-state index contributed by atoms with van der Waals surface area (Å²) in [6.45, 7) is 11.0.